The molecule has 8 heteroatoms. The largest absolute Gasteiger partial charge is 0.391 e. The van der Waals surface area contributed by atoms with Gasteiger partial charge in [0, 0.05) is 22.8 Å². The summed E-state index contributed by atoms with van der Waals surface area (Å²) in [5, 5.41) is 44.8. The van der Waals surface area contributed by atoms with E-state index in [4.69, 9.17) is 4.74 Å². The molecule has 5 fully saturated rings. The number of rotatable bonds is 3. The van der Waals surface area contributed by atoms with Crippen LogP contribution in [-0.4, -0.2) is 60.7 Å². The van der Waals surface area contributed by atoms with Crippen LogP contribution >= 0.6 is 0 Å². The Hall–Kier alpha value is -2.65. The van der Waals surface area contributed by atoms with Gasteiger partial charge >= 0.3 is 0 Å². The highest BCUT2D eigenvalue weighted by atomic mass is 16.6. The van der Waals surface area contributed by atoms with Crippen molar-refractivity contribution in [1.82, 2.24) is 15.0 Å². The molecule has 2 aliphatic heterocycles. The topological polar surface area (TPSA) is 118 Å². The fraction of sp³-hybridized carbons (Fsp3) is 0.552. The van der Waals surface area contributed by atoms with E-state index < -0.39 is 58.0 Å². The number of allylic oxidation sites excluding steroid dienone is 2. The summed E-state index contributed by atoms with van der Waals surface area (Å²) in [7, 11) is 0. The number of Topliss-reactive ketones (excluding diaryl/α,β-unsaturated/α-hetero) is 1. The summed E-state index contributed by atoms with van der Waals surface area (Å²) >= 11 is 0. The van der Waals surface area contributed by atoms with Gasteiger partial charge in [-0.05, 0) is 36.2 Å². The van der Waals surface area contributed by atoms with Crippen LogP contribution in [-0.2, 0) is 9.53 Å². The molecule has 4 bridgehead atoms. The third-order valence-electron chi connectivity index (χ3n) is 10.9. The molecule has 6 aliphatic rings. The first kappa shape index (κ1) is 23.5. The highest BCUT2D eigenvalue weighted by molar-refractivity contribution is 6.05. The normalized spacial score (nSPS) is 47.7. The maximum absolute atomic E-state index is 14.0. The SMILES string of the molecule is C=C1C(=O)[C@]23[C@H](O)[C@H]1CC[C@H]2[C@@]12CO[C@@]3(O)[C@@H](O)[C@@H]1[C@@](C)(CC)C=C[C@@H]2n1cc(-c2ccccc2)nn1. The number of carbonyl (C=O) groups excluding carboxylic acids is 1. The van der Waals surface area contributed by atoms with E-state index in [1.54, 1.807) is 0 Å². The summed E-state index contributed by atoms with van der Waals surface area (Å²) in [6.07, 6.45) is 5.53. The van der Waals surface area contributed by atoms with Gasteiger partial charge < -0.3 is 20.1 Å². The quantitative estimate of drug-likeness (QED) is 0.435. The first-order chi connectivity index (χ1) is 17.7. The number of aliphatic hydroxyl groups excluding tert-OH is 2. The highest BCUT2D eigenvalue weighted by Crippen LogP contribution is 2.77. The molecule has 4 aliphatic carbocycles. The number of ketones is 1. The van der Waals surface area contributed by atoms with Gasteiger partial charge in [-0.15, -0.1) is 5.10 Å². The van der Waals surface area contributed by atoms with Gasteiger partial charge in [0.15, 0.2) is 5.78 Å². The maximum Gasteiger partial charge on any atom is 0.208 e. The van der Waals surface area contributed by atoms with E-state index in [0.29, 0.717) is 18.4 Å². The number of ether oxygens (including phenoxy) is 1. The number of aromatic nitrogens is 3. The molecule has 0 unspecified atom stereocenters. The van der Waals surface area contributed by atoms with E-state index in [9.17, 15) is 20.1 Å². The summed E-state index contributed by atoms with van der Waals surface area (Å²) in [4.78, 5) is 14.0. The van der Waals surface area contributed by atoms with Gasteiger partial charge in [-0.2, -0.15) is 0 Å². The van der Waals surface area contributed by atoms with Crippen molar-refractivity contribution in [2.45, 2.75) is 57.1 Å². The molecule has 0 radical (unpaired) electrons. The molecule has 2 saturated heterocycles. The molecule has 1 aromatic carbocycles. The van der Waals surface area contributed by atoms with E-state index in [-0.39, 0.29) is 12.4 Å². The summed E-state index contributed by atoms with van der Waals surface area (Å²) in [5.74, 6) is -3.87. The monoisotopic (exact) mass is 503 g/mol. The molecule has 8 rings (SSSR count). The molecule has 3 N–H and O–H groups in total. The van der Waals surface area contributed by atoms with Crippen molar-refractivity contribution in [2.75, 3.05) is 6.61 Å². The second-order valence-corrected chi connectivity index (χ2v) is 12.0. The highest BCUT2D eigenvalue weighted by Gasteiger charge is 2.86. The van der Waals surface area contributed by atoms with Crippen LogP contribution in [0.15, 0.2) is 60.8 Å². The van der Waals surface area contributed by atoms with Crippen molar-refractivity contribution in [3.05, 3.63) is 60.8 Å². The standard InChI is InChI=1S/C29H33N3O5/c1-4-26(3)13-12-21(32-14-19(30-31-32)17-8-6-5-7-9-17)27-15-37-29(36,25(35)22(26)27)28-20(27)11-10-18(24(28)34)16(2)23(28)33/h5-9,12-14,18,20-22,24-25,34-36H,2,4,10-11,15H2,1,3H3/t18-,20-,21-,22+,24+,25-,26-,27+,28-,29-/m0/s1. The van der Waals surface area contributed by atoms with Crippen molar-refractivity contribution in [2.24, 2.45) is 34.0 Å². The molecule has 1 aromatic heterocycles. The molecule has 3 saturated carbocycles. The molecule has 10 atom stereocenters. The van der Waals surface area contributed by atoms with Crippen LogP contribution in [0, 0.1) is 34.0 Å². The minimum atomic E-state index is -2.19. The maximum atomic E-state index is 14.0. The van der Waals surface area contributed by atoms with Crippen molar-refractivity contribution in [1.29, 1.82) is 0 Å². The molecule has 2 spiro atoms. The lowest BCUT2D eigenvalue weighted by Gasteiger charge is -2.74. The number of hydrogen-bond donors (Lipinski definition) is 3. The predicted octanol–water partition coefficient (Wildman–Crippen LogP) is 2.68. The van der Waals surface area contributed by atoms with E-state index >= 15 is 0 Å². The Bertz CT molecular complexity index is 1340. The zero-order chi connectivity index (χ0) is 26.0. The molecule has 3 heterocycles. The summed E-state index contributed by atoms with van der Waals surface area (Å²) in [5.41, 5.74) is -0.946. The number of carbonyl (C=O) groups is 1. The first-order valence-corrected chi connectivity index (χ1v) is 13.3. The number of fused-ring (bicyclic) bond motifs is 2. The Morgan fingerprint density at radius 2 is 1.95 bits per heavy atom. The third kappa shape index (κ3) is 2.42. The fourth-order valence-electron chi connectivity index (χ4n) is 9.14. The van der Waals surface area contributed by atoms with E-state index in [0.717, 1.165) is 17.7 Å². The second-order valence-electron chi connectivity index (χ2n) is 12.0. The van der Waals surface area contributed by atoms with E-state index in [2.05, 4.69) is 42.9 Å². The number of benzene rings is 1. The average molecular weight is 504 g/mol. The lowest BCUT2D eigenvalue weighted by atomic mass is 9.36. The van der Waals surface area contributed by atoms with Crippen molar-refractivity contribution in [3.8, 4) is 11.3 Å². The molecule has 37 heavy (non-hydrogen) atoms. The Balaban J connectivity index is 1.47. The number of nitrogens with zero attached hydrogens (tertiary/aromatic N) is 3. The fourth-order valence-corrected chi connectivity index (χ4v) is 9.14. The molecular weight excluding hydrogens is 470 g/mol. The summed E-state index contributed by atoms with van der Waals surface area (Å²) in [6, 6.07) is 9.41. The molecule has 2 aromatic rings. The van der Waals surface area contributed by atoms with Gasteiger partial charge in [0.2, 0.25) is 5.79 Å². The Morgan fingerprint density at radius 3 is 2.68 bits per heavy atom. The van der Waals surface area contributed by atoms with Crippen LogP contribution in [0.25, 0.3) is 11.3 Å². The van der Waals surface area contributed by atoms with Crippen LogP contribution < -0.4 is 0 Å². The van der Waals surface area contributed by atoms with Crippen LogP contribution in [0.5, 0.6) is 0 Å². The minimum Gasteiger partial charge on any atom is -0.391 e. The van der Waals surface area contributed by atoms with Crippen LogP contribution in [0.3, 0.4) is 0 Å². The van der Waals surface area contributed by atoms with E-state index in [1.165, 1.54) is 0 Å². The number of hydrogen-bond acceptors (Lipinski definition) is 7. The zero-order valence-corrected chi connectivity index (χ0v) is 21.1. The Morgan fingerprint density at radius 1 is 1.19 bits per heavy atom. The summed E-state index contributed by atoms with van der Waals surface area (Å²) in [6.45, 7) is 8.33. The van der Waals surface area contributed by atoms with Gasteiger partial charge in [0.25, 0.3) is 0 Å². The number of aliphatic hydroxyl groups is 3. The van der Waals surface area contributed by atoms with Gasteiger partial charge in [-0.1, -0.05) is 68.1 Å². The Kier molecular flexibility index (Phi) is 4.60. The zero-order valence-electron chi connectivity index (χ0n) is 21.1. The van der Waals surface area contributed by atoms with Crippen molar-refractivity contribution in [3.63, 3.8) is 0 Å². The molecule has 8 nitrogen and oxygen atoms in total. The summed E-state index contributed by atoms with van der Waals surface area (Å²) < 4.78 is 8.00. The third-order valence-corrected chi connectivity index (χ3v) is 10.9. The Labute approximate surface area is 215 Å². The van der Waals surface area contributed by atoms with Gasteiger partial charge in [0.1, 0.15) is 17.2 Å². The molecular formula is C29H33N3O5. The van der Waals surface area contributed by atoms with Crippen LogP contribution in [0.2, 0.25) is 0 Å². The second kappa shape index (κ2) is 7.26. The van der Waals surface area contributed by atoms with Crippen LogP contribution in [0.4, 0.5) is 0 Å². The van der Waals surface area contributed by atoms with E-state index in [1.807, 2.05) is 41.2 Å². The predicted molar refractivity (Wildman–Crippen MR) is 134 cm³/mol. The van der Waals surface area contributed by atoms with Crippen molar-refractivity contribution < 1.29 is 24.9 Å². The first-order valence-electron chi connectivity index (χ1n) is 13.3. The molecule has 0 amide bonds. The smallest absolute Gasteiger partial charge is 0.208 e. The van der Waals surface area contributed by atoms with Gasteiger partial charge in [0.05, 0.1) is 24.9 Å². The van der Waals surface area contributed by atoms with Crippen LogP contribution in [0.1, 0.15) is 39.2 Å². The van der Waals surface area contributed by atoms with Crippen molar-refractivity contribution >= 4 is 5.78 Å². The molecule has 194 valence electrons. The average Bonchev–Trinajstić information content (AvgIpc) is 3.42. The minimum absolute atomic E-state index is 0.139. The lowest BCUT2D eigenvalue weighted by Crippen LogP contribution is -2.84. The lowest BCUT2D eigenvalue weighted by molar-refractivity contribution is -0.448. The van der Waals surface area contributed by atoms with Gasteiger partial charge in [-0.3, -0.25) is 4.79 Å². The van der Waals surface area contributed by atoms with Gasteiger partial charge in [-0.25, -0.2) is 4.68 Å².